The zero-order valence-electron chi connectivity index (χ0n) is 12.3. The van der Waals surface area contributed by atoms with Gasteiger partial charge in [-0.1, -0.05) is 12.1 Å². The number of anilines is 1. The molecule has 0 aliphatic carbocycles. The first-order valence-electron chi connectivity index (χ1n) is 7.68. The fourth-order valence-electron chi connectivity index (χ4n) is 3.24. The fraction of sp³-hybridized carbons (Fsp3) is 0.278. The molecule has 2 aromatic carbocycles. The highest BCUT2D eigenvalue weighted by molar-refractivity contribution is 5.79. The van der Waals surface area contributed by atoms with Gasteiger partial charge in [0.25, 0.3) is 0 Å². The Morgan fingerprint density at radius 1 is 1.19 bits per heavy atom. The number of aromatic nitrogens is 2. The summed E-state index contributed by atoms with van der Waals surface area (Å²) >= 11 is 0. The molecule has 3 heteroatoms. The van der Waals surface area contributed by atoms with E-state index < -0.39 is 0 Å². The minimum absolute atomic E-state index is 0.965. The van der Waals surface area contributed by atoms with Gasteiger partial charge in [-0.05, 0) is 55.7 Å². The highest BCUT2D eigenvalue weighted by atomic mass is 15.1. The van der Waals surface area contributed by atoms with Crippen LogP contribution in [0.3, 0.4) is 0 Å². The van der Waals surface area contributed by atoms with Gasteiger partial charge in [0.05, 0.1) is 11.0 Å². The van der Waals surface area contributed by atoms with Gasteiger partial charge < -0.3 is 9.88 Å². The van der Waals surface area contributed by atoms with Crippen LogP contribution in [0, 0.1) is 0 Å². The van der Waals surface area contributed by atoms with E-state index in [2.05, 4.69) is 41.1 Å². The lowest BCUT2D eigenvalue weighted by Crippen LogP contribution is -2.28. The number of H-pyrrole nitrogens is 1. The molecule has 1 N–H and O–H groups in total. The quantitative estimate of drug-likeness (QED) is 0.767. The summed E-state index contributed by atoms with van der Waals surface area (Å²) in [6.07, 6.45) is 2.41. The molecule has 3 nitrogen and oxygen atoms in total. The van der Waals surface area contributed by atoms with Crippen LogP contribution < -0.4 is 4.90 Å². The van der Waals surface area contributed by atoms with E-state index in [1.165, 1.54) is 36.2 Å². The van der Waals surface area contributed by atoms with Gasteiger partial charge in [-0.15, -0.1) is 0 Å². The van der Waals surface area contributed by atoms with Gasteiger partial charge in [-0.3, -0.25) is 0 Å². The summed E-state index contributed by atoms with van der Waals surface area (Å²) in [6, 6.07) is 14.9. The van der Waals surface area contributed by atoms with E-state index in [4.69, 9.17) is 4.98 Å². The summed E-state index contributed by atoms with van der Waals surface area (Å²) in [5, 5.41) is 0. The van der Waals surface area contributed by atoms with Crippen molar-refractivity contribution >= 4 is 16.7 Å². The Morgan fingerprint density at radius 3 is 2.95 bits per heavy atom. The van der Waals surface area contributed by atoms with Crippen LogP contribution in [-0.2, 0) is 6.42 Å². The number of aryl methyl sites for hydroxylation is 1. The van der Waals surface area contributed by atoms with Crippen molar-refractivity contribution in [3.63, 3.8) is 0 Å². The molecule has 0 bridgehead atoms. The first kappa shape index (κ1) is 12.5. The molecule has 0 radical (unpaired) electrons. The Morgan fingerprint density at radius 2 is 2.10 bits per heavy atom. The van der Waals surface area contributed by atoms with Gasteiger partial charge in [0.1, 0.15) is 5.82 Å². The van der Waals surface area contributed by atoms with Crippen LogP contribution in [0.25, 0.3) is 22.4 Å². The molecule has 4 rings (SSSR count). The maximum Gasteiger partial charge on any atom is 0.138 e. The molecular formula is C18H19N3. The Bertz CT molecular complexity index is 755. The number of rotatable bonds is 2. The second kappa shape index (κ2) is 4.92. The molecule has 0 spiro atoms. The third kappa shape index (κ3) is 2.09. The summed E-state index contributed by atoms with van der Waals surface area (Å²) in [4.78, 5) is 10.6. The van der Waals surface area contributed by atoms with Crippen molar-refractivity contribution in [2.24, 2.45) is 0 Å². The smallest absolute Gasteiger partial charge is 0.138 e. The Labute approximate surface area is 124 Å². The SMILES string of the molecule is CCN1CCCc2cc(-c3nc4ccccc4[nH]3)ccc21. The Balaban J connectivity index is 1.79. The maximum atomic E-state index is 4.70. The minimum Gasteiger partial charge on any atom is -0.372 e. The van der Waals surface area contributed by atoms with E-state index in [0.717, 1.165) is 23.4 Å². The highest BCUT2D eigenvalue weighted by Crippen LogP contribution is 2.31. The molecule has 0 atom stereocenters. The lowest BCUT2D eigenvalue weighted by molar-refractivity contribution is 0.708. The second-order valence-electron chi connectivity index (χ2n) is 5.63. The normalized spacial score (nSPS) is 14.4. The van der Waals surface area contributed by atoms with E-state index in [1.54, 1.807) is 0 Å². The van der Waals surface area contributed by atoms with Gasteiger partial charge in [0.15, 0.2) is 0 Å². The summed E-state index contributed by atoms with van der Waals surface area (Å²) in [7, 11) is 0. The number of hydrogen-bond acceptors (Lipinski definition) is 2. The molecule has 0 saturated heterocycles. The lowest BCUT2D eigenvalue weighted by atomic mass is 9.99. The fourth-order valence-corrected chi connectivity index (χ4v) is 3.24. The van der Waals surface area contributed by atoms with Crippen LogP contribution in [0.2, 0.25) is 0 Å². The number of para-hydroxylation sites is 2. The third-order valence-corrected chi connectivity index (χ3v) is 4.34. The Kier molecular flexibility index (Phi) is 2.92. The number of aromatic amines is 1. The molecule has 1 aromatic heterocycles. The molecule has 21 heavy (non-hydrogen) atoms. The molecule has 2 heterocycles. The average molecular weight is 277 g/mol. The van der Waals surface area contributed by atoms with Crippen LogP contribution in [0.1, 0.15) is 18.9 Å². The summed E-state index contributed by atoms with van der Waals surface area (Å²) < 4.78 is 0. The van der Waals surface area contributed by atoms with Gasteiger partial charge >= 0.3 is 0 Å². The van der Waals surface area contributed by atoms with E-state index in [9.17, 15) is 0 Å². The molecule has 0 saturated carbocycles. The summed E-state index contributed by atoms with van der Waals surface area (Å²) in [6.45, 7) is 4.48. The van der Waals surface area contributed by atoms with Crippen LogP contribution in [-0.4, -0.2) is 23.1 Å². The average Bonchev–Trinajstić information content (AvgIpc) is 2.97. The number of hydrogen-bond donors (Lipinski definition) is 1. The number of nitrogens with zero attached hydrogens (tertiary/aromatic N) is 2. The molecule has 106 valence electrons. The van der Waals surface area contributed by atoms with Crippen LogP contribution in [0.15, 0.2) is 42.5 Å². The lowest BCUT2D eigenvalue weighted by Gasteiger charge is -2.30. The zero-order valence-corrected chi connectivity index (χ0v) is 12.3. The van der Waals surface area contributed by atoms with E-state index in [1.807, 2.05) is 18.2 Å². The van der Waals surface area contributed by atoms with Gasteiger partial charge in [-0.25, -0.2) is 4.98 Å². The van der Waals surface area contributed by atoms with Gasteiger partial charge in [0.2, 0.25) is 0 Å². The van der Waals surface area contributed by atoms with Crippen molar-refractivity contribution in [1.29, 1.82) is 0 Å². The molecule has 0 unspecified atom stereocenters. The maximum absolute atomic E-state index is 4.70. The largest absolute Gasteiger partial charge is 0.372 e. The van der Waals surface area contributed by atoms with Crippen molar-refractivity contribution in [2.45, 2.75) is 19.8 Å². The molecule has 0 amide bonds. The minimum atomic E-state index is 0.965. The van der Waals surface area contributed by atoms with Crippen LogP contribution >= 0.6 is 0 Å². The second-order valence-corrected chi connectivity index (χ2v) is 5.63. The number of benzene rings is 2. The van der Waals surface area contributed by atoms with Crippen molar-refractivity contribution in [2.75, 3.05) is 18.0 Å². The molecule has 1 aliphatic rings. The van der Waals surface area contributed by atoms with Crippen molar-refractivity contribution in [3.05, 3.63) is 48.0 Å². The van der Waals surface area contributed by atoms with Crippen molar-refractivity contribution < 1.29 is 0 Å². The molecular weight excluding hydrogens is 258 g/mol. The van der Waals surface area contributed by atoms with Gasteiger partial charge in [-0.2, -0.15) is 0 Å². The standard InChI is InChI=1S/C18H19N3/c1-2-21-11-5-6-13-12-14(9-10-17(13)21)18-19-15-7-3-4-8-16(15)20-18/h3-4,7-10,12H,2,5-6,11H2,1H3,(H,19,20). The van der Waals surface area contributed by atoms with Gasteiger partial charge in [0, 0.05) is 24.3 Å². The first-order valence-corrected chi connectivity index (χ1v) is 7.68. The van der Waals surface area contributed by atoms with Crippen molar-refractivity contribution in [3.8, 4) is 11.4 Å². The van der Waals surface area contributed by atoms with Crippen LogP contribution in [0.4, 0.5) is 5.69 Å². The van der Waals surface area contributed by atoms with E-state index in [-0.39, 0.29) is 0 Å². The predicted molar refractivity (Wildman–Crippen MR) is 87.7 cm³/mol. The summed E-state index contributed by atoms with van der Waals surface area (Å²) in [5.41, 5.74) is 6.15. The van der Waals surface area contributed by atoms with E-state index in [0.29, 0.717) is 0 Å². The number of fused-ring (bicyclic) bond motifs is 2. The Hall–Kier alpha value is -2.29. The third-order valence-electron chi connectivity index (χ3n) is 4.34. The van der Waals surface area contributed by atoms with Crippen molar-refractivity contribution in [1.82, 2.24) is 9.97 Å². The molecule has 1 aliphatic heterocycles. The topological polar surface area (TPSA) is 31.9 Å². The molecule has 0 fully saturated rings. The number of imidazole rings is 1. The summed E-state index contributed by atoms with van der Waals surface area (Å²) in [5.74, 6) is 0.965. The zero-order chi connectivity index (χ0) is 14.2. The van der Waals surface area contributed by atoms with E-state index >= 15 is 0 Å². The monoisotopic (exact) mass is 277 g/mol. The predicted octanol–water partition coefficient (Wildman–Crippen LogP) is 4.00. The van der Waals surface area contributed by atoms with Crippen LogP contribution in [0.5, 0.6) is 0 Å². The first-order chi connectivity index (χ1) is 10.3. The molecule has 3 aromatic rings. The highest BCUT2D eigenvalue weighted by Gasteiger charge is 2.16. The number of nitrogens with one attached hydrogen (secondary N) is 1.